The number of nitrogens with one attached hydrogen (secondary N) is 1. The molecular formula is C28H37N5O5S. The highest BCUT2D eigenvalue weighted by atomic mass is 32.1. The summed E-state index contributed by atoms with van der Waals surface area (Å²) in [6.07, 6.45) is -0.371. The number of thiazole rings is 1. The Kier molecular flexibility index (Phi) is 8.32. The van der Waals surface area contributed by atoms with Gasteiger partial charge in [0.05, 0.1) is 12.2 Å². The maximum atomic E-state index is 13.6. The molecule has 3 aliphatic heterocycles. The number of anilines is 1. The highest BCUT2D eigenvalue weighted by Crippen LogP contribution is 2.31. The van der Waals surface area contributed by atoms with Crippen molar-refractivity contribution < 1.29 is 23.9 Å². The molecule has 4 heterocycles. The number of likely N-dealkylation sites (tertiary alicyclic amines) is 1. The number of nitrogens with zero attached hydrogens (tertiary/aromatic N) is 4. The van der Waals surface area contributed by atoms with Crippen molar-refractivity contribution in [1.29, 1.82) is 0 Å². The van der Waals surface area contributed by atoms with Crippen molar-refractivity contribution in [2.24, 2.45) is 5.92 Å². The van der Waals surface area contributed by atoms with Gasteiger partial charge in [0.1, 0.15) is 30.9 Å². The summed E-state index contributed by atoms with van der Waals surface area (Å²) in [5.74, 6) is -0.574. The zero-order valence-corrected chi connectivity index (χ0v) is 23.8. The molecule has 0 unspecified atom stereocenters. The molecule has 0 saturated carbocycles. The fourth-order valence-electron chi connectivity index (χ4n) is 5.51. The molecule has 2 amide bonds. The molecule has 10 nitrogen and oxygen atoms in total. The number of benzene rings is 1. The predicted octanol–water partition coefficient (Wildman–Crippen LogP) is 1.90. The van der Waals surface area contributed by atoms with Crippen LogP contribution in [0.2, 0.25) is 0 Å². The Labute approximate surface area is 233 Å². The smallest absolute Gasteiger partial charge is 0.251 e. The number of ketones is 1. The van der Waals surface area contributed by atoms with Gasteiger partial charge in [-0.25, -0.2) is 4.98 Å². The number of rotatable bonds is 8. The minimum atomic E-state index is -0.758. The van der Waals surface area contributed by atoms with Gasteiger partial charge in [-0.3, -0.25) is 14.4 Å². The molecule has 39 heavy (non-hydrogen) atoms. The van der Waals surface area contributed by atoms with E-state index in [1.165, 1.54) is 4.90 Å². The van der Waals surface area contributed by atoms with E-state index in [1.807, 2.05) is 31.4 Å². The van der Waals surface area contributed by atoms with Crippen LogP contribution in [0, 0.1) is 5.92 Å². The van der Waals surface area contributed by atoms with Crippen LogP contribution >= 0.6 is 11.3 Å². The van der Waals surface area contributed by atoms with Gasteiger partial charge < -0.3 is 29.5 Å². The van der Waals surface area contributed by atoms with Gasteiger partial charge in [-0.05, 0) is 31.5 Å². The normalized spacial score (nSPS) is 24.3. The molecule has 210 valence electrons. The quantitative estimate of drug-likeness (QED) is 0.527. The number of likely N-dealkylation sites (N-methyl/N-ethyl adjacent to an activating group) is 1. The number of piperazine rings is 1. The van der Waals surface area contributed by atoms with Crippen LogP contribution in [-0.2, 0) is 19.1 Å². The van der Waals surface area contributed by atoms with Crippen molar-refractivity contribution in [3.05, 3.63) is 35.2 Å². The number of amides is 2. The first-order valence-corrected chi connectivity index (χ1v) is 14.4. The van der Waals surface area contributed by atoms with Crippen LogP contribution in [0.1, 0.15) is 30.6 Å². The average Bonchev–Trinajstić information content (AvgIpc) is 3.65. The van der Waals surface area contributed by atoms with Gasteiger partial charge in [-0.15, -0.1) is 11.3 Å². The molecule has 1 N–H and O–H groups in total. The third-order valence-corrected chi connectivity index (χ3v) is 8.64. The summed E-state index contributed by atoms with van der Waals surface area (Å²) in [5.41, 5.74) is 2.28. The zero-order chi connectivity index (χ0) is 27.7. The van der Waals surface area contributed by atoms with Gasteiger partial charge in [-0.2, -0.15) is 0 Å². The number of aromatic nitrogens is 1. The summed E-state index contributed by atoms with van der Waals surface area (Å²) in [6.45, 7) is 8.21. The van der Waals surface area contributed by atoms with Crippen molar-refractivity contribution in [2.45, 2.75) is 44.6 Å². The van der Waals surface area contributed by atoms with Gasteiger partial charge in [0.15, 0.2) is 10.9 Å². The lowest BCUT2D eigenvalue weighted by Crippen LogP contribution is -2.52. The molecule has 0 aliphatic carbocycles. The second kappa shape index (κ2) is 11.7. The van der Waals surface area contributed by atoms with E-state index in [0.717, 1.165) is 42.6 Å². The maximum absolute atomic E-state index is 13.6. The van der Waals surface area contributed by atoms with Crippen LogP contribution < -0.4 is 10.2 Å². The molecule has 3 aliphatic rings. The Morgan fingerprint density at radius 2 is 1.90 bits per heavy atom. The number of hydrogen-bond acceptors (Lipinski definition) is 9. The SMILES string of the molecule is CO[C@H]1CN(C(=O)[C@H](CC(C)C)NC(=O)c2ccc(-c3csc(N4CCN(C)CC4)n3)cc2)[C@@H]2C(=O)CO[C@H]12. The number of carbonyl (C=O) groups is 3. The van der Waals surface area contributed by atoms with E-state index >= 15 is 0 Å². The molecule has 3 fully saturated rings. The van der Waals surface area contributed by atoms with Crippen LogP contribution in [0.25, 0.3) is 11.3 Å². The number of fused-ring (bicyclic) bond motifs is 1. The lowest BCUT2D eigenvalue weighted by Gasteiger charge is -2.32. The highest BCUT2D eigenvalue weighted by Gasteiger charge is 2.53. The topological polar surface area (TPSA) is 104 Å². The van der Waals surface area contributed by atoms with E-state index in [9.17, 15) is 14.4 Å². The van der Waals surface area contributed by atoms with Crippen molar-refractivity contribution in [3.8, 4) is 11.3 Å². The largest absolute Gasteiger partial charge is 0.377 e. The number of Topliss-reactive ketones (excluding diaryl/α,β-unsaturated/α-hetero) is 1. The van der Waals surface area contributed by atoms with Gasteiger partial charge in [0, 0.05) is 49.8 Å². The maximum Gasteiger partial charge on any atom is 0.251 e. The zero-order valence-electron chi connectivity index (χ0n) is 23.0. The molecule has 2 aromatic rings. The molecule has 11 heteroatoms. The van der Waals surface area contributed by atoms with Crippen LogP contribution in [0.3, 0.4) is 0 Å². The molecule has 0 spiro atoms. The van der Waals surface area contributed by atoms with Crippen molar-refractivity contribution in [3.63, 3.8) is 0 Å². The van der Waals surface area contributed by atoms with E-state index in [-0.39, 0.29) is 42.8 Å². The fourth-order valence-corrected chi connectivity index (χ4v) is 6.40. The Morgan fingerprint density at radius 1 is 1.18 bits per heavy atom. The molecule has 0 radical (unpaired) electrons. The molecule has 5 rings (SSSR count). The first-order chi connectivity index (χ1) is 18.7. The third kappa shape index (κ3) is 5.86. The summed E-state index contributed by atoms with van der Waals surface area (Å²) in [6, 6.07) is 5.88. The number of ether oxygens (including phenoxy) is 2. The minimum absolute atomic E-state index is 0.0254. The molecule has 3 saturated heterocycles. The summed E-state index contributed by atoms with van der Waals surface area (Å²) in [5, 5.41) is 5.99. The van der Waals surface area contributed by atoms with E-state index in [4.69, 9.17) is 14.5 Å². The number of methoxy groups -OCH3 is 1. The van der Waals surface area contributed by atoms with Crippen molar-refractivity contribution in [1.82, 2.24) is 20.1 Å². The van der Waals surface area contributed by atoms with Crippen LogP contribution in [0.15, 0.2) is 29.6 Å². The van der Waals surface area contributed by atoms with Crippen molar-refractivity contribution >= 4 is 34.1 Å². The monoisotopic (exact) mass is 555 g/mol. The van der Waals surface area contributed by atoms with Gasteiger partial charge >= 0.3 is 0 Å². The molecule has 4 atom stereocenters. The van der Waals surface area contributed by atoms with Gasteiger partial charge in [0.25, 0.3) is 5.91 Å². The van der Waals surface area contributed by atoms with E-state index in [0.29, 0.717) is 12.0 Å². The molecular weight excluding hydrogens is 518 g/mol. The predicted molar refractivity (Wildman–Crippen MR) is 149 cm³/mol. The van der Waals surface area contributed by atoms with Crippen LogP contribution in [-0.4, -0.2) is 110 Å². The van der Waals surface area contributed by atoms with Crippen LogP contribution in [0.5, 0.6) is 0 Å². The summed E-state index contributed by atoms with van der Waals surface area (Å²) < 4.78 is 11.1. The van der Waals surface area contributed by atoms with Crippen molar-refractivity contribution in [2.75, 3.05) is 58.4 Å². The third-order valence-electron chi connectivity index (χ3n) is 7.74. The standard InChI is InChI=1S/C28H37N5O5S/c1-17(2)13-20(27(36)33-14-23(37-4)25-24(33)22(34)15-38-25)29-26(35)19-7-5-18(6-8-19)21-16-39-28(30-21)32-11-9-31(3)10-12-32/h5-8,16-17,20,23-25H,9-15H2,1-4H3,(H,29,35)/t20-,23-,24+,25+/m0/s1. The number of carbonyl (C=O) groups excluding carboxylic acids is 3. The number of hydrogen-bond donors (Lipinski definition) is 1. The van der Waals surface area contributed by atoms with E-state index < -0.39 is 18.2 Å². The Morgan fingerprint density at radius 3 is 2.56 bits per heavy atom. The molecule has 1 aromatic carbocycles. The summed E-state index contributed by atoms with van der Waals surface area (Å²) in [7, 11) is 3.69. The lowest BCUT2D eigenvalue weighted by atomic mass is 10.0. The summed E-state index contributed by atoms with van der Waals surface area (Å²) >= 11 is 1.63. The summed E-state index contributed by atoms with van der Waals surface area (Å²) in [4.78, 5) is 50.3. The average molecular weight is 556 g/mol. The highest BCUT2D eigenvalue weighted by molar-refractivity contribution is 7.14. The fraction of sp³-hybridized carbons (Fsp3) is 0.571. The Hall–Kier alpha value is -2.86. The van der Waals surface area contributed by atoms with Gasteiger partial charge in [0.2, 0.25) is 5.91 Å². The minimum Gasteiger partial charge on any atom is -0.377 e. The molecule has 1 aromatic heterocycles. The second-order valence-corrected chi connectivity index (χ2v) is 11.8. The Bertz CT molecular complexity index is 1190. The Balaban J connectivity index is 1.26. The first kappa shape index (κ1) is 27.7. The second-order valence-electron chi connectivity index (χ2n) is 11.0. The van der Waals surface area contributed by atoms with Crippen LogP contribution in [0.4, 0.5) is 5.13 Å². The molecule has 0 bridgehead atoms. The van der Waals surface area contributed by atoms with E-state index in [2.05, 4.69) is 22.2 Å². The van der Waals surface area contributed by atoms with Gasteiger partial charge in [-0.1, -0.05) is 26.0 Å². The lowest BCUT2D eigenvalue weighted by molar-refractivity contribution is -0.138. The van der Waals surface area contributed by atoms with E-state index in [1.54, 1.807) is 30.6 Å². The first-order valence-electron chi connectivity index (χ1n) is 13.5.